The van der Waals surface area contributed by atoms with Crippen LogP contribution in [0.25, 0.3) is 11.3 Å². The van der Waals surface area contributed by atoms with Crippen LogP contribution in [0.4, 0.5) is 5.13 Å². The van der Waals surface area contributed by atoms with Crippen molar-refractivity contribution in [2.45, 2.75) is 6.42 Å². The number of hydrogen-bond acceptors (Lipinski definition) is 5. The Morgan fingerprint density at radius 2 is 1.72 bits per heavy atom. The molecule has 1 heterocycles. The van der Waals surface area contributed by atoms with Gasteiger partial charge in [0.05, 0.1) is 18.5 Å². The van der Waals surface area contributed by atoms with Crippen LogP contribution >= 0.6 is 11.3 Å². The largest absolute Gasteiger partial charge is 0.493 e. The maximum absolute atomic E-state index is 5.88. The van der Waals surface area contributed by atoms with E-state index in [1.54, 1.807) is 6.21 Å². The molecule has 144 valence electrons. The molecule has 0 bridgehead atoms. The minimum absolute atomic E-state index is 0.643. The first-order valence-corrected chi connectivity index (χ1v) is 10.3. The summed E-state index contributed by atoms with van der Waals surface area (Å²) in [6.07, 6.45) is 2.65. The van der Waals surface area contributed by atoms with E-state index in [9.17, 15) is 0 Å². The topological polar surface area (TPSA) is 46.5 Å². The summed E-state index contributed by atoms with van der Waals surface area (Å²) in [6.45, 7) is 0.643. The lowest BCUT2D eigenvalue weighted by atomic mass is 10.2. The summed E-state index contributed by atoms with van der Waals surface area (Å²) in [6, 6.07) is 28.3. The monoisotopic (exact) mass is 399 g/mol. The third kappa shape index (κ3) is 5.53. The highest BCUT2D eigenvalue weighted by molar-refractivity contribution is 7.14. The van der Waals surface area contributed by atoms with Crippen LogP contribution in [0.5, 0.6) is 5.75 Å². The highest BCUT2D eigenvalue weighted by atomic mass is 32.1. The van der Waals surface area contributed by atoms with Crippen LogP contribution in [-0.4, -0.2) is 17.8 Å². The highest BCUT2D eigenvalue weighted by Crippen LogP contribution is 2.24. The van der Waals surface area contributed by atoms with Gasteiger partial charge < -0.3 is 4.74 Å². The Bertz CT molecular complexity index is 1060. The minimum atomic E-state index is 0.643. The Morgan fingerprint density at radius 1 is 0.931 bits per heavy atom. The van der Waals surface area contributed by atoms with Crippen molar-refractivity contribution >= 4 is 22.7 Å². The van der Waals surface area contributed by atoms with Gasteiger partial charge in [0.1, 0.15) is 5.75 Å². The molecule has 4 rings (SSSR count). The summed E-state index contributed by atoms with van der Waals surface area (Å²) >= 11 is 1.53. The lowest BCUT2D eigenvalue weighted by Crippen LogP contribution is -2.01. The van der Waals surface area contributed by atoms with E-state index in [2.05, 4.69) is 27.6 Å². The zero-order valence-electron chi connectivity index (χ0n) is 15.9. The molecule has 0 atom stereocenters. The number of thiazole rings is 1. The van der Waals surface area contributed by atoms with E-state index in [0.29, 0.717) is 6.61 Å². The number of anilines is 1. The summed E-state index contributed by atoms with van der Waals surface area (Å²) < 4.78 is 5.88. The molecular weight excluding hydrogens is 378 g/mol. The van der Waals surface area contributed by atoms with Crippen molar-refractivity contribution in [2.24, 2.45) is 5.10 Å². The molecule has 0 saturated carbocycles. The number of hydrazone groups is 1. The lowest BCUT2D eigenvalue weighted by Gasteiger charge is -2.06. The lowest BCUT2D eigenvalue weighted by molar-refractivity contribution is 0.322. The minimum Gasteiger partial charge on any atom is -0.493 e. The second kappa shape index (κ2) is 9.66. The molecule has 1 N–H and O–H groups in total. The van der Waals surface area contributed by atoms with E-state index in [0.717, 1.165) is 34.1 Å². The van der Waals surface area contributed by atoms with Gasteiger partial charge in [-0.3, -0.25) is 5.43 Å². The van der Waals surface area contributed by atoms with Crippen molar-refractivity contribution in [3.8, 4) is 17.0 Å². The molecule has 0 aliphatic rings. The van der Waals surface area contributed by atoms with Crippen LogP contribution in [-0.2, 0) is 6.42 Å². The van der Waals surface area contributed by atoms with Crippen LogP contribution in [0, 0.1) is 0 Å². The van der Waals surface area contributed by atoms with Crippen molar-refractivity contribution < 1.29 is 4.74 Å². The Labute approximate surface area is 174 Å². The van der Waals surface area contributed by atoms with Gasteiger partial charge in [0.2, 0.25) is 5.13 Å². The molecule has 3 aromatic carbocycles. The first-order chi connectivity index (χ1) is 14.4. The third-order valence-corrected chi connectivity index (χ3v) is 5.05. The zero-order chi connectivity index (χ0) is 19.7. The van der Waals surface area contributed by atoms with Gasteiger partial charge in [-0.15, -0.1) is 11.3 Å². The SMILES string of the molecule is C(=NNc1nc(-c2ccccc2)cs1)c1cccc(OCCc2ccccc2)c1. The molecule has 0 fully saturated rings. The Morgan fingerprint density at radius 3 is 2.55 bits per heavy atom. The molecule has 0 saturated heterocycles. The van der Waals surface area contributed by atoms with E-state index >= 15 is 0 Å². The Balaban J connectivity index is 1.31. The van der Waals surface area contributed by atoms with E-state index in [1.165, 1.54) is 16.9 Å². The zero-order valence-corrected chi connectivity index (χ0v) is 16.7. The number of aromatic nitrogens is 1. The van der Waals surface area contributed by atoms with Crippen LogP contribution in [0.1, 0.15) is 11.1 Å². The molecule has 0 aliphatic heterocycles. The second-order valence-corrected chi connectivity index (χ2v) is 7.29. The number of benzene rings is 3. The van der Waals surface area contributed by atoms with Gasteiger partial charge in [-0.1, -0.05) is 72.8 Å². The molecule has 5 heteroatoms. The van der Waals surface area contributed by atoms with E-state index in [4.69, 9.17) is 4.74 Å². The number of hydrogen-bond donors (Lipinski definition) is 1. The van der Waals surface area contributed by atoms with Gasteiger partial charge >= 0.3 is 0 Å². The van der Waals surface area contributed by atoms with Crippen LogP contribution in [0.2, 0.25) is 0 Å². The van der Waals surface area contributed by atoms with Gasteiger partial charge in [-0.25, -0.2) is 4.98 Å². The molecule has 1 aromatic heterocycles. The molecule has 4 nitrogen and oxygen atoms in total. The summed E-state index contributed by atoms with van der Waals surface area (Å²) in [5.74, 6) is 0.838. The maximum atomic E-state index is 5.88. The van der Waals surface area contributed by atoms with Crippen molar-refractivity contribution in [1.82, 2.24) is 4.98 Å². The number of ether oxygens (including phenoxy) is 1. The van der Waals surface area contributed by atoms with Gasteiger partial charge in [0.25, 0.3) is 0 Å². The predicted octanol–water partition coefficient (Wildman–Crippen LogP) is 5.88. The van der Waals surface area contributed by atoms with Gasteiger partial charge in [-0.2, -0.15) is 5.10 Å². The fourth-order valence-electron chi connectivity index (χ4n) is 2.84. The number of nitrogens with one attached hydrogen (secondary N) is 1. The van der Waals surface area contributed by atoms with Crippen molar-refractivity contribution in [2.75, 3.05) is 12.0 Å². The smallest absolute Gasteiger partial charge is 0.203 e. The third-order valence-electron chi connectivity index (χ3n) is 4.31. The van der Waals surface area contributed by atoms with Crippen LogP contribution < -0.4 is 10.2 Å². The predicted molar refractivity (Wildman–Crippen MR) is 121 cm³/mol. The fraction of sp³-hybridized carbons (Fsp3) is 0.0833. The van der Waals surface area contributed by atoms with Crippen molar-refractivity contribution in [3.63, 3.8) is 0 Å². The summed E-state index contributed by atoms with van der Waals surface area (Å²) in [5, 5.41) is 7.09. The molecular formula is C24H21N3OS. The molecule has 0 unspecified atom stereocenters. The summed E-state index contributed by atoms with van der Waals surface area (Å²) in [7, 11) is 0. The highest BCUT2D eigenvalue weighted by Gasteiger charge is 2.03. The molecule has 0 spiro atoms. The molecule has 0 aliphatic carbocycles. The Hall–Kier alpha value is -3.44. The molecule has 29 heavy (non-hydrogen) atoms. The van der Waals surface area contributed by atoms with Gasteiger partial charge in [0.15, 0.2) is 0 Å². The maximum Gasteiger partial charge on any atom is 0.203 e. The molecule has 0 amide bonds. The van der Waals surface area contributed by atoms with E-state index in [1.807, 2.05) is 78.2 Å². The quantitative estimate of drug-likeness (QED) is 0.297. The van der Waals surface area contributed by atoms with Crippen molar-refractivity contribution in [3.05, 3.63) is 101 Å². The number of nitrogens with zero attached hydrogens (tertiary/aromatic N) is 2. The first kappa shape index (κ1) is 18.9. The second-order valence-electron chi connectivity index (χ2n) is 6.43. The average molecular weight is 400 g/mol. The van der Waals surface area contributed by atoms with Crippen LogP contribution in [0.15, 0.2) is 95.4 Å². The normalized spacial score (nSPS) is 10.9. The van der Waals surface area contributed by atoms with E-state index in [-0.39, 0.29) is 0 Å². The van der Waals surface area contributed by atoms with E-state index < -0.39 is 0 Å². The van der Waals surface area contributed by atoms with Gasteiger partial charge in [-0.05, 0) is 23.3 Å². The average Bonchev–Trinajstić information content (AvgIpc) is 3.25. The van der Waals surface area contributed by atoms with Crippen LogP contribution in [0.3, 0.4) is 0 Å². The number of rotatable bonds is 8. The first-order valence-electron chi connectivity index (χ1n) is 9.44. The molecule has 0 radical (unpaired) electrons. The standard InChI is InChI=1S/C24H21N3OS/c1-3-8-19(9-4-1)14-15-28-22-13-7-10-20(16-22)17-25-27-24-26-23(18-29-24)21-11-5-2-6-12-21/h1-13,16-18H,14-15H2,(H,26,27). The fourth-order valence-corrected chi connectivity index (χ4v) is 3.51. The van der Waals surface area contributed by atoms with Gasteiger partial charge in [0, 0.05) is 17.4 Å². The Kier molecular flexibility index (Phi) is 6.30. The molecule has 4 aromatic rings. The summed E-state index contributed by atoms with van der Waals surface area (Å²) in [5.41, 5.74) is 7.29. The van der Waals surface area contributed by atoms with Crippen molar-refractivity contribution in [1.29, 1.82) is 0 Å². The summed E-state index contributed by atoms with van der Waals surface area (Å²) in [4.78, 5) is 4.57.